The molecule has 1 fully saturated rings. The van der Waals surface area contributed by atoms with E-state index in [4.69, 9.17) is 4.74 Å². The summed E-state index contributed by atoms with van der Waals surface area (Å²) in [5, 5.41) is 0. The van der Waals surface area contributed by atoms with Crippen molar-refractivity contribution in [2.24, 2.45) is 0 Å². The second kappa shape index (κ2) is 6.97. The van der Waals surface area contributed by atoms with Crippen LogP contribution in [0.1, 0.15) is 40.1 Å². The monoisotopic (exact) mass is 309 g/mol. The maximum atomic E-state index is 12.7. The van der Waals surface area contributed by atoms with Gasteiger partial charge in [0.1, 0.15) is 6.10 Å². The lowest BCUT2D eigenvalue weighted by Gasteiger charge is -2.33. The van der Waals surface area contributed by atoms with E-state index in [0.717, 1.165) is 23.1 Å². The largest absolute Gasteiger partial charge is 0.370 e. The molecule has 0 radical (unpaired) electrons. The summed E-state index contributed by atoms with van der Waals surface area (Å²) in [6, 6.07) is 16.3. The maximum absolute atomic E-state index is 12.7. The first-order valence-electron chi connectivity index (χ1n) is 8.23. The molecule has 1 aliphatic rings. The Labute approximate surface area is 137 Å². The minimum Gasteiger partial charge on any atom is -0.370 e. The highest BCUT2D eigenvalue weighted by Gasteiger charge is 2.26. The number of morpholine rings is 1. The molecule has 0 saturated carbocycles. The second-order valence-corrected chi connectivity index (χ2v) is 6.08. The third-order valence-corrected chi connectivity index (χ3v) is 4.38. The summed E-state index contributed by atoms with van der Waals surface area (Å²) in [7, 11) is 0. The molecule has 3 heteroatoms. The standard InChI is InChI=1S/C20H23NO2/c1-3-16-7-9-17(10-8-16)19-14-21(11-12-23-19)20(22)18-6-4-5-15(2)13-18/h4-10,13,19H,3,11-12,14H2,1-2H3. The van der Waals surface area contributed by atoms with Crippen LogP contribution >= 0.6 is 0 Å². The molecule has 2 aromatic rings. The SMILES string of the molecule is CCc1ccc(C2CN(C(=O)c3cccc(C)c3)CCO2)cc1. The van der Waals surface area contributed by atoms with E-state index in [2.05, 4.69) is 31.2 Å². The topological polar surface area (TPSA) is 29.5 Å². The number of aryl methyl sites for hydroxylation is 2. The highest BCUT2D eigenvalue weighted by atomic mass is 16.5. The van der Waals surface area contributed by atoms with Gasteiger partial charge in [-0.1, -0.05) is 48.9 Å². The van der Waals surface area contributed by atoms with Crippen molar-refractivity contribution in [1.29, 1.82) is 0 Å². The Kier molecular flexibility index (Phi) is 4.77. The van der Waals surface area contributed by atoms with Gasteiger partial charge in [0, 0.05) is 12.1 Å². The Morgan fingerprint density at radius 3 is 2.70 bits per heavy atom. The molecule has 0 N–H and O–H groups in total. The van der Waals surface area contributed by atoms with E-state index in [1.807, 2.05) is 36.1 Å². The quantitative estimate of drug-likeness (QED) is 0.864. The zero-order valence-electron chi connectivity index (χ0n) is 13.8. The highest BCUT2D eigenvalue weighted by Crippen LogP contribution is 2.24. The van der Waals surface area contributed by atoms with E-state index in [-0.39, 0.29) is 12.0 Å². The van der Waals surface area contributed by atoms with E-state index in [0.29, 0.717) is 19.7 Å². The molecule has 1 saturated heterocycles. The van der Waals surface area contributed by atoms with Gasteiger partial charge < -0.3 is 9.64 Å². The van der Waals surface area contributed by atoms with Gasteiger partial charge in [-0.05, 0) is 36.6 Å². The molecule has 0 aliphatic carbocycles. The fourth-order valence-corrected chi connectivity index (χ4v) is 2.96. The van der Waals surface area contributed by atoms with Gasteiger partial charge in [-0.2, -0.15) is 0 Å². The van der Waals surface area contributed by atoms with Crippen molar-refractivity contribution in [2.75, 3.05) is 19.7 Å². The van der Waals surface area contributed by atoms with Gasteiger partial charge in [0.25, 0.3) is 5.91 Å². The minimum atomic E-state index is -0.0385. The Morgan fingerprint density at radius 2 is 2.00 bits per heavy atom. The third-order valence-electron chi connectivity index (χ3n) is 4.38. The van der Waals surface area contributed by atoms with Gasteiger partial charge in [-0.3, -0.25) is 4.79 Å². The van der Waals surface area contributed by atoms with Gasteiger partial charge in [-0.25, -0.2) is 0 Å². The fourth-order valence-electron chi connectivity index (χ4n) is 2.96. The molecule has 0 bridgehead atoms. The van der Waals surface area contributed by atoms with E-state index >= 15 is 0 Å². The van der Waals surface area contributed by atoms with Crippen LogP contribution in [0.2, 0.25) is 0 Å². The van der Waals surface area contributed by atoms with E-state index in [1.165, 1.54) is 5.56 Å². The number of carbonyl (C=O) groups is 1. The number of ether oxygens (including phenoxy) is 1. The molecule has 0 spiro atoms. The third kappa shape index (κ3) is 3.62. The van der Waals surface area contributed by atoms with Gasteiger partial charge in [-0.15, -0.1) is 0 Å². The summed E-state index contributed by atoms with van der Waals surface area (Å²) in [4.78, 5) is 14.6. The summed E-state index contributed by atoms with van der Waals surface area (Å²) in [5.41, 5.74) is 4.32. The first kappa shape index (κ1) is 15.8. The summed E-state index contributed by atoms with van der Waals surface area (Å²) < 4.78 is 5.88. The minimum absolute atomic E-state index is 0.0385. The van der Waals surface area contributed by atoms with Gasteiger partial charge >= 0.3 is 0 Å². The summed E-state index contributed by atoms with van der Waals surface area (Å²) >= 11 is 0. The molecule has 1 heterocycles. The maximum Gasteiger partial charge on any atom is 0.254 e. The predicted molar refractivity (Wildman–Crippen MR) is 91.6 cm³/mol. The molecular weight excluding hydrogens is 286 g/mol. The van der Waals surface area contributed by atoms with Crippen molar-refractivity contribution < 1.29 is 9.53 Å². The van der Waals surface area contributed by atoms with Crippen LogP contribution in [0.3, 0.4) is 0 Å². The molecule has 1 atom stereocenters. The van der Waals surface area contributed by atoms with Crippen LogP contribution in [0.25, 0.3) is 0 Å². The Bertz CT molecular complexity index is 678. The number of carbonyl (C=O) groups excluding carboxylic acids is 1. The van der Waals surface area contributed by atoms with Gasteiger partial charge in [0.05, 0.1) is 13.2 Å². The van der Waals surface area contributed by atoms with Crippen molar-refractivity contribution in [1.82, 2.24) is 4.90 Å². The summed E-state index contributed by atoms with van der Waals surface area (Å²) in [5.74, 6) is 0.0900. The molecule has 3 nitrogen and oxygen atoms in total. The van der Waals surface area contributed by atoms with Crippen LogP contribution < -0.4 is 0 Å². The molecule has 0 aromatic heterocycles. The number of hydrogen-bond donors (Lipinski definition) is 0. The van der Waals surface area contributed by atoms with Crippen LogP contribution in [0, 0.1) is 6.92 Å². The lowest BCUT2D eigenvalue weighted by Crippen LogP contribution is -2.42. The van der Waals surface area contributed by atoms with Crippen molar-refractivity contribution in [2.45, 2.75) is 26.4 Å². The van der Waals surface area contributed by atoms with Gasteiger partial charge in [0.15, 0.2) is 0 Å². The molecule has 120 valence electrons. The van der Waals surface area contributed by atoms with Crippen LogP contribution in [0.15, 0.2) is 48.5 Å². The Hall–Kier alpha value is -2.13. The molecular formula is C20H23NO2. The Balaban J connectivity index is 1.73. The van der Waals surface area contributed by atoms with Crippen molar-refractivity contribution in [3.05, 3.63) is 70.8 Å². The Morgan fingerprint density at radius 1 is 1.22 bits per heavy atom. The molecule has 23 heavy (non-hydrogen) atoms. The highest BCUT2D eigenvalue weighted by molar-refractivity contribution is 5.94. The lowest BCUT2D eigenvalue weighted by molar-refractivity contribution is -0.0228. The van der Waals surface area contributed by atoms with Crippen molar-refractivity contribution >= 4 is 5.91 Å². The normalized spacial score (nSPS) is 18.0. The molecule has 1 aliphatic heterocycles. The summed E-state index contributed by atoms with van der Waals surface area (Å²) in [6.45, 7) is 5.99. The molecule has 1 unspecified atom stereocenters. The van der Waals surface area contributed by atoms with E-state index < -0.39 is 0 Å². The molecule has 3 rings (SSSR count). The fraction of sp³-hybridized carbons (Fsp3) is 0.350. The van der Waals surface area contributed by atoms with E-state index in [9.17, 15) is 4.79 Å². The van der Waals surface area contributed by atoms with Crippen LogP contribution in [-0.2, 0) is 11.2 Å². The first-order valence-corrected chi connectivity index (χ1v) is 8.23. The second-order valence-electron chi connectivity index (χ2n) is 6.08. The van der Waals surface area contributed by atoms with Crippen LogP contribution in [0.5, 0.6) is 0 Å². The van der Waals surface area contributed by atoms with Crippen molar-refractivity contribution in [3.63, 3.8) is 0 Å². The average Bonchev–Trinajstić information content (AvgIpc) is 2.61. The number of amides is 1. The number of nitrogens with zero attached hydrogens (tertiary/aromatic N) is 1. The smallest absolute Gasteiger partial charge is 0.254 e. The van der Waals surface area contributed by atoms with Crippen molar-refractivity contribution in [3.8, 4) is 0 Å². The summed E-state index contributed by atoms with van der Waals surface area (Å²) in [6.07, 6.45) is 0.993. The number of hydrogen-bond acceptors (Lipinski definition) is 2. The first-order chi connectivity index (χ1) is 11.2. The average molecular weight is 309 g/mol. The van der Waals surface area contributed by atoms with E-state index in [1.54, 1.807) is 0 Å². The molecule has 1 amide bonds. The van der Waals surface area contributed by atoms with Crippen LogP contribution in [-0.4, -0.2) is 30.5 Å². The predicted octanol–water partition coefficient (Wildman–Crippen LogP) is 3.77. The zero-order chi connectivity index (χ0) is 16.2. The van der Waals surface area contributed by atoms with Crippen LogP contribution in [0.4, 0.5) is 0 Å². The lowest BCUT2D eigenvalue weighted by atomic mass is 10.0. The van der Waals surface area contributed by atoms with Gasteiger partial charge in [0.2, 0.25) is 0 Å². The number of rotatable bonds is 3. The zero-order valence-corrected chi connectivity index (χ0v) is 13.8. The number of benzene rings is 2. The molecule has 2 aromatic carbocycles.